The summed E-state index contributed by atoms with van der Waals surface area (Å²) in [5, 5.41) is 2.51. The molecule has 0 saturated carbocycles. The maximum Gasteiger partial charge on any atom is 0.339 e. The highest BCUT2D eigenvalue weighted by molar-refractivity contribution is 6.08. The van der Waals surface area contributed by atoms with Crippen LogP contribution in [0, 0.1) is 0 Å². The number of amides is 3. The minimum atomic E-state index is -1.01. The molecule has 9 heteroatoms. The van der Waals surface area contributed by atoms with Gasteiger partial charge in [0.15, 0.2) is 18.1 Å². The van der Waals surface area contributed by atoms with Crippen LogP contribution in [0.5, 0.6) is 11.5 Å². The van der Waals surface area contributed by atoms with E-state index in [1.165, 1.54) is 0 Å². The van der Waals surface area contributed by atoms with Gasteiger partial charge in [-0.05, 0) is 53.8 Å². The molecule has 3 N–H and O–H groups in total. The third-order valence-corrected chi connectivity index (χ3v) is 5.48. The monoisotopic (exact) mass is 445 g/mol. The number of esters is 1. The summed E-state index contributed by atoms with van der Waals surface area (Å²) in [5.74, 6) is -0.0610. The first-order valence-electron chi connectivity index (χ1n) is 10.3. The first-order chi connectivity index (χ1) is 16.0. The van der Waals surface area contributed by atoms with Crippen LogP contribution >= 0.6 is 0 Å². The summed E-state index contributed by atoms with van der Waals surface area (Å²) >= 11 is 0. The minimum absolute atomic E-state index is 0.203. The molecule has 0 saturated heterocycles. The van der Waals surface area contributed by atoms with E-state index in [4.69, 9.17) is 24.9 Å². The second kappa shape index (κ2) is 8.27. The lowest BCUT2D eigenvalue weighted by Crippen LogP contribution is -2.37. The zero-order valence-electron chi connectivity index (χ0n) is 17.4. The number of pyridine rings is 1. The van der Waals surface area contributed by atoms with E-state index in [9.17, 15) is 14.4 Å². The van der Waals surface area contributed by atoms with E-state index in [1.54, 1.807) is 6.07 Å². The highest BCUT2D eigenvalue weighted by atomic mass is 16.7. The van der Waals surface area contributed by atoms with Crippen molar-refractivity contribution >= 4 is 40.5 Å². The number of rotatable bonds is 4. The molecule has 33 heavy (non-hydrogen) atoms. The number of nitrogens with two attached hydrogens (primary N) is 1. The lowest BCUT2D eigenvalue weighted by molar-refractivity contribution is -0.123. The van der Waals surface area contributed by atoms with E-state index < -0.39 is 24.5 Å². The molecular weight excluding hydrogens is 426 g/mol. The Hall–Kier alpha value is -4.40. The zero-order valence-corrected chi connectivity index (χ0v) is 17.4. The average Bonchev–Trinajstić information content (AvgIpc) is 3.42. The van der Waals surface area contributed by atoms with E-state index >= 15 is 0 Å². The number of benzene rings is 2. The quantitative estimate of drug-likeness (QED) is 0.591. The summed E-state index contributed by atoms with van der Waals surface area (Å²) < 4.78 is 16.0. The first-order valence-corrected chi connectivity index (χ1v) is 10.3. The Morgan fingerprint density at radius 1 is 1.09 bits per heavy atom. The molecule has 9 nitrogen and oxygen atoms in total. The molecular formula is C24H19N3O6. The Morgan fingerprint density at radius 2 is 1.91 bits per heavy atom. The van der Waals surface area contributed by atoms with Gasteiger partial charge in [0.1, 0.15) is 0 Å². The predicted molar refractivity (Wildman–Crippen MR) is 119 cm³/mol. The largest absolute Gasteiger partial charge is 0.454 e. The summed E-state index contributed by atoms with van der Waals surface area (Å²) in [6, 6.07) is 12.0. The number of hydrogen-bond acceptors (Lipinski definition) is 7. The molecule has 2 aliphatic rings. The van der Waals surface area contributed by atoms with Crippen LogP contribution in [0.3, 0.4) is 0 Å². The summed E-state index contributed by atoms with van der Waals surface area (Å²) in [6.07, 6.45) is 3.31. The number of aromatic nitrogens is 1. The molecule has 5 rings (SSSR count). The van der Waals surface area contributed by atoms with Gasteiger partial charge in [0, 0.05) is 5.39 Å². The molecule has 0 unspecified atom stereocenters. The van der Waals surface area contributed by atoms with Crippen molar-refractivity contribution in [3.8, 4) is 11.5 Å². The molecule has 0 fully saturated rings. The van der Waals surface area contributed by atoms with Crippen molar-refractivity contribution in [2.24, 2.45) is 5.73 Å². The molecule has 0 radical (unpaired) electrons. The van der Waals surface area contributed by atoms with E-state index in [0.717, 1.165) is 22.4 Å². The second-order valence-corrected chi connectivity index (χ2v) is 7.60. The first kappa shape index (κ1) is 20.5. The number of primary amides is 1. The maximum atomic E-state index is 13.0. The topological polar surface area (TPSA) is 130 Å². The number of urea groups is 1. The van der Waals surface area contributed by atoms with Gasteiger partial charge in [0.05, 0.1) is 16.8 Å². The smallest absolute Gasteiger partial charge is 0.339 e. The Balaban J connectivity index is 1.52. The Morgan fingerprint density at radius 3 is 2.76 bits per heavy atom. The van der Waals surface area contributed by atoms with Crippen molar-refractivity contribution in [1.29, 1.82) is 0 Å². The van der Waals surface area contributed by atoms with Gasteiger partial charge in [-0.1, -0.05) is 24.3 Å². The number of fused-ring (bicyclic) bond motifs is 3. The number of allylic oxidation sites excluding steroid dienone is 1. The molecule has 3 aromatic rings. The molecule has 0 bridgehead atoms. The molecule has 0 atom stereocenters. The van der Waals surface area contributed by atoms with Crippen LogP contribution in [0.25, 0.3) is 22.6 Å². The molecule has 1 aliphatic carbocycles. The van der Waals surface area contributed by atoms with Crippen LogP contribution in [-0.4, -0.2) is 36.3 Å². The summed E-state index contributed by atoms with van der Waals surface area (Å²) in [6.45, 7) is -0.415. The van der Waals surface area contributed by atoms with Gasteiger partial charge in [-0.25, -0.2) is 14.6 Å². The number of imide groups is 1. The van der Waals surface area contributed by atoms with Gasteiger partial charge < -0.3 is 19.9 Å². The molecule has 166 valence electrons. The maximum absolute atomic E-state index is 13.0. The number of nitrogens with one attached hydrogen (secondary N) is 1. The highest BCUT2D eigenvalue weighted by Crippen LogP contribution is 2.39. The number of carbonyl (C=O) groups is 3. The Kier molecular flexibility index (Phi) is 5.14. The predicted octanol–water partition coefficient (Wildman–Crippen LogP) is 2.80. The van der Waals surface area contributed by atoms with Gasteiger partial charge in [0.25, 0.3) is 5.91 Å². The van der Waals surface area contributed by atoms with E-state index in [1.807, 2.05) is 47.8 Å². The Bertz CT molecular complexity index is 1350. The van der Waals surface area contributed by atoms with E-state index in [-0.39, 0.29) is 6.79 Å². The van der Waals surface area contributed by atoms with Gasteiger partial charge in [-0.2, -0.15) is 0 Å². The fourth-order valence-corrected chi connectivity index (χ4v) is 4.09. The summed E-state index contributed by atoms with van der Waals surface area (Å²) in [4.78, 5) is 40.3. The van der Waals surface area contributed by atoms with Gasteiger partial charge in [-0.3, -0.25) is 10.1 Å². The van der Waals surface area contributed by atoms with Crippen LogP contribution in [0.15, 0.2) is 42.5 Å². The van der Waals surface area contributed by atoms with Gasteiger partial charge in [-0.15, -0.1) is 0 Å². The van der Waals surface area contributed by atoms with Gasteiger partial charge in [0.2, 0.25) is 6.79 Å². The summed E-state index contributed by atoms with van der Waals surface area (Å²) in [7, 11) is 0. The fourth-order valence-electron chi connectivity index (χ4n) is 4.09. The summed E-state index contributed by atoms with van der Waals surface area (Å²) in [5.41, 5.74) is 9.34. The van der Waals surface area contributed by atoms with E-state index in [2.05, 4.69) is 0 Å². The van der Waals surface area contributed by atoms with E-state index in [0.29, 0.717) is 40.8 Å². The van der Waals surface area contributed by atoms with Crippen molar-refractivity contribution in [2.45, 2.75) is 12.8 Å². The molecule has 3 amide bonds. The van der Waals surface area contributed by atoms with Crippen LogP contribution in [0.1, 0.15) is 33.6 Å². The number of para-hydroxylation sites is 1. The lowest BCUT2D eigenvalue weighted by Gasteiger charge is -2.12. The van der Waals surface area contributed by atoms with Gasteiger partial charge >= 0.3 is 12.0 Å². The molecule has 1 aromatic heterocycles. The molecule has 2 aromatic carbocycles. The van der Waals surface area contributed by atoms with Crippen LogP contribution in [0.4, 0.5) is 4.79 Å². The minimum Gasteiger partial charge on any atom is -0.454 e. The normalized spacial score (nSPS) is 14.8. The van der Waals surface area contributed by atoms with Crippen molar-refractivity contribution < 1.29 is 28.6 Å². The van der Waals surface area contributed by atoms with Crippen molar-refractivity contribution in [2.75, 3.05) is 13.4 Å². The fraction of sp³-hybridized carbons (Fsp3) is 0.167. The number of nitrogens with zero attached hydrogens (tertiary/aromatic N) is 1. The van der Waals surface area contributed by atoms with Crippen LogP contribution < -0.4 is 20.5 Å². The zero-order chi connectivity index (χ0) is 22.9. The Labute approximate surface area is 188 Å². The van der Waals surface area contributed by atoms with Crippen LogP contribution in [-0.2, 0) is 16.0 Å². The number of ether oxygens (including phenoxy) is 3. The molecule has 0 spiro atoms. The third-order valence-electron chi connectivity index (χ3n) is 5.48. The lowest BCUT2D eigenvalue weighted by atomic mass is 10.0. The molecule has 1 aliphatic heterocycles. The highest BCUT2D eigenvalue weighted by Gasteiger charge is 2.28. The SMILES string of the molecule is NC(=O)NC(=O)COC(=O)c1c2c(nc3ccccc13)C(=Cc1ccc3c(c1)OCO3)CC2. The standard InChI is InChI=1S/C24H19N3O6/c25-24(30)27-20(28)11-31-23(29)21-15-3-1-2-4-17(15)26-22-14(6-7-16(21)22)9-13-5-8-18-19(10-13)33-12-32-18/h1-5,8-10H,6-7,11-12H2,(H3,25,27,28,30). The van der Waals surface area contributed by atoms with Crippen molar-refractivity contribution in [1.82, 2.24) is 10.3 Å². The molecule has 2 heterocycles. The van der Waals surface area contributed by atoms with Crippen molar-refractivity contribution in [3.63, 3.8) is 0 Å². The number of hydrogen-bond donors (Lipinski definition) is 2. The number of carbonyl (C=O) groups excluding carboxylic acids is 3. The van der Waals surface area contributed by atoms with Crippen molar-refractivity contribution in [3.05, 3.63) is 64.8 Å². The third kappa shape index (κ3) is 3.96. The van der Waals surface area contributed by atoms with Crippen LogP contribution in [0.2, 0.25) is 0 Å². The average molecular weight is 445 g/mol. The second-order valence-electron chi connectivity index (χ2n) is 7.60.